The quantitative estimate of drug-likeness (QED) is 0.852. The normalized spacial score (nSPS) is 19.4. The van der Waals surface area contributed by atoms with Crippen LogP contribution < -0.4 is 9.64 Å². The van der Waals surface area contributed by atoms with Crippen molar-refractivity contribution in [1.82, 2.24) is 0 Å². The van der Waals surface area contributed by atoms with Gasteiger partial charge in [0.2, 0.25) is 5.91 Å². The van der Waals surface area contributed by atoms with Crippen LogP contribution in [0.4, 0.5) is 10.1 Å². The van der Waals surface area contributed by atoms with Crippen LogP contribution in [0, 0.1) is 5.82 Å². The maximum Gasteiger partial charge on any atom is 0.228 e. The predicted molar refractivity (Wildman–Crippen MR) is 71.9 cm³/mol. The van der Waals surface area contributed by atoms with E-state index in [1.54, 1.807) is 11.0 Å². The summed E-state index contributed by atoms with van der Waals surface area (Å²) >= 11 is 4.31. The highest BCUT2D eigenvalue weighted by molar-refractivity contribution is 7.81. The molecule has 0 aliphatic carbocycles. The standard InChI is InChI=1S/C13H16FNO2S/c1-2-5-17-12-6-9(14)3-4-11(12)15-8-10(18)7-13(15)16/h3-4,6,10,18H,2,5,7-8H2,1H3. The summed E-state index contributed by atoms with van der Waals surface area (Å²) in [5.41, 5.74) is 0.631. The first-order valence-corrected chi connectivity index (χ1v) is 6.54. The van der Waals surface area contributed by atoms with E-state index >= 15 is 0 Å². The summed E-state index contributed by atoms with van der Waals surface area (Å²) in [7, 11) is 0. The Labute approximate surface area is 111 Å². The number of benzene rings is 1. The minimum Gasteiger partial charge on any atom is -0.491 e. The van der Waals surface area contributed by atoms with Gasteiger partial charge in [-0.3, -0.25) is 4.79 Å². The van der Waals surface area contributed by atoms with Crippen molar-refractivity contribution >= 4 is 24.2 Å². The molecule has 1 atom stereocenters. The van der Waals surface area contributed by atoms with Crippen molar-refractivity contribution in [2.24, 2.45) is 0 Å². The fourth-order valence-corrected chi connectivity index (χ4v) is 2.28. The van der Waals surface area contributed by atoms with Crippen LogP contribution in [-0.4, -0.2) is 24.3 Å². The third-order valence-corrected chi connectivity index (χ3v) is 3.12. The van der Waals surface area contributed by atoms with Gasteiger partial charge in [-0.1, -0.05) is 6.92 Å². The molecular formula is C13H16FNO2S. The largest absolute Gasteiger partial charge is 0.491 e. The monoisotopic (exact) mass is 269 g/mol. The SMILES string of the molecule is CCCOc1cc(F)ccc1N1CC(S)CC1=O. The van der Waals surface area contributed by atoms with Crippen molar-refractivity contribution in [1.29, 1.82) is 0 Å². The maximum atomic E-state index is 13.2. The molecule has 0 N–H and O–H groups in total. The number of carbonyl (C=O) groups is 1. The first-order valence-electron chi connectivity index (χ1n) is 6.02. The number of anilines is 1. The van der Waals surface area contributed by atoms with Crippen molar-refractivity contribution < 1.29 is 13.9 Å². The summed E-state index contributed by atoms with van der Waals surface area (Å²) in [6.45, 7) is 3.02. The second kappa shape index (κ2) is 5.61. The lowest BCUT2D eigenvalue weighted by atomic mass is 10.2. The molecule has 0 saturated carbocycles. The number of hydrogen-bond donors (Lipinski definition) is 1. The highest BCUT2D eigenvalue weighted by atomic mass is 32.1. The molecule has 1 fully saturated rings. The molecule has 1 aromatic rings. The van der Waals surface area contributed by atoms with Crippen molar-refractivity contribution in [3.05, 3.63) is 24.0 Å². The summed E-state index contributed by atoms with van der Waals surface area (Å²) in [5, 5.41) is 0.0292. The third-order valence-electron chi connectivity index (χ3n) is 2.78. The Morgan fingerprint density at radius 3 is 2.94 bits per heavy atom. The highest BCUT2D eigenvalue weighted by Crippen LogP contribution is 2.33. The number of carbonyl (C=O) groups excluding carboxylic acids is 1. The van der Waals surface area contributed by atoms with Gasteiger partial charge < -0.3 is 9.64 Å². The minimum atomic E-state index is -0.362. The summed E-state index contributed by atoms with van der Waals surface area (Å²) in [4.78, 5) is 13.4. The van der Waals surface area contributed by atoms with Crippen LogP contribution in [0.25, 0.3) is 0 Å². The van der Waals surface area contributed by atoms with E-state index in [0.717, 1.165) is 6.42 Å². The molecule has 0 radical (unpaired) electrons. The highest BCUT2D eigenvalue weighted by Gasteiger charge is 2.30. The number of ether oxygens (including phenoxy) is 1. The molecule has 98 valence electrons. The minimum absolute atomic E-state index is 0.00274. The Balaban J connectivity index is 2.28. The average Bonchev–Trinajstić information content (AvgIpc) is 2.66. The Kier molecular flexibility index (Phi) is 4.11. The number of amides is 1. The Hall–Kier alpha value is -1.23. The fourth-order valence-electron chi connectivity index (χ4n) is 1.96. The first-order chi connectivity index (χ1) is 8.61. The van der Waals surface area contributed by atoms with Crippen LogP contribution >= 0.6 is 12.6 Å². The Morgan fingerprint density at radius 1 is 1.56 bits per heavy atom. The van der Waals surface area contributed by atoms with Gasteiger partial charge in [-0.05, 0) is 18.6 Å². The van der Waals surface area contributed by atoms with E-state index in [0.29, 0.717) is 31.0 Å². The van der Waals surface area contributed by atoms with E-state index < -0.39 is 0 Å². The second-order valence-corrected chi connectivity index (χ2v) is 5.05. The van der Waals surface area contributed by atoms with E-state index in [1.165, 1.54) is 12.1 Å². The molecule has 1 aromatic carbocycles. The summed E-state index contributed by atoms with van der Waals surface area (Å²) in [6.07, 6.45) is 1.24. The molecule has 5 heteroatoms. The lowest BCUT2D eigenvalue weighted by Gasteiger charge is -2.20. The zero-order valence-corrected chi connectivity index (χ0v) is 11.1. The van der Waals surface area contributed by atoms with Gasteiger partial charge in [0, 0.05) is 24.3 Å². The van der Waals surface area contributed by atoms with Gasteiger partial charge in [-0.2, -0.15) is 12.6 Å². The molecule has 0 spiro atoms. The number of thiol groups is 1. The molecule has 1 saturated heterocycles. The first kappa shape index (κ1) is 13.2. The van der Waals surface area contributed by atoms with Crippen molar-refractivity contribution in [2.45, 2.75) is 25.0 Å². The van der Waals surface area contributed by atoms with Gasteiger partial charge >= 0.3 is 0 Å². The molecule has 0 bridgehead atoms. The number of halogens is 1. The van der Waals surface area contributed by atoms with E-state index in [-0.39, 0.29) is 17.0 Å². The maximum absolute atomic E-state index is 13.2. The van der Waals surface area contributed by atoms with Crippen molar-refractivity contribution in [3.8, 4) is 5.75 Å². The third kappa shape index (κ3) is 2.77. The van der Waals surface area contributed by atoms with Crippen LogP contribution in [0.15, 0.2) is 18.2 Å². The molecule has 1 aliphatic rings. The Bertz CT molecular complexity index is 453. The predicted octanol–water partition coefficient (Wildman–Crippen LogP) is 2.65. The number of hydrogen-bond acceptors (Lipinski definition) is 3. The lowest BCUT2D eigenvalue weighted by Crippen LogP contribution is -2.25. The van der Waals surface area contributed by atoms with Crippen LogP contribution in [-0.2, 0) is 4.79 Å². The van der Waals surface area contributed by atoms with Gasteiger partial charge in [0.15, 0.2) is 0 Å². The smallest absolute Gasteiger partial charge is 0.228 e. The van der Waals surface area contributed by atoms with Gasteiger partial charge in [0.1, 0.15) is 11.6 Å². The summed E-state index contributed by atoms with van der Waals surface area (Å²) in [6, 6.07) is 4.25. The zero-order valence-electron chi connectivity index (χ0n) is 10.2. The Morgan fingerprint density at radius 2 is 2.33 bits per heavy atom. The topological polar surface area (TPSA) is 29.5 Å². The zero-order chi connectivity index (χ0) is 13.1. The number of rotatable bonds is 4. The van der Waals surface area contributed by atoms with E-state index in [4.69, 9.17) is 4.74 Å². The number of nitrogens with zero attached hydrogens (tertiary/aromatic N) is 1. The van der Waals surface area contributed by atoms with Crippen LogP contribution in [0.3, 0.4) is 0 Å². The van der Waals surface area contributed by atoms with Crippen molar-refractivity contribution in [3.63, 3.8) is 0 Å². The molecular weight excluding hydrogens is 253 g/mol. The lowest BCUT2D eigenvalue weighted by molar-refractivity contribution is -0.117. The fraction of sp³-hybridized carbons (Fsp3) is 0.462. The van der Waals surface area contributed by atoms with Gasteiger partial charge in [-0.15, -0.1) is 0 Å². The molecule has 1 aliphatic heterocycles. The average molecular weight is 269 g/mol. The molecule has 18 heavy (non-hydrogen) atoms. The van der Waals surface area contributed by atoms with Crippen LogP contribution in [0.1, 0.15) is 19.8 Å². The van der Waals surface area contributed by atoms with Crippen LogP contribution in [0.2, 0.25) is 0 Å². The molecule has 2 rings (SSSR count). The molecule has 0 aromatic heterocycles. The molecule has 3 nitrogen and oxygen atoms in total. The molecule has 1 amide bonds. The van der Waals surface area contributed by atoms with Crippen molar-refractivity contribution in [2.75, 3.05) is 18.1 Å². The van der Waals surface area contributed by atoms with Gasteiger partial charge in [0.05, 0.1) is 12.3 Å². The molecule has 1 unspecified atom stereocenters. The summed E-state index contributed by atoms with van der Waals surface area (Å²) in [5.74, 6) is 0.0644. The van der Waals surface area contributed by atoms with E-state index in [2.05, 4.69) is 12.6 Å². The van der Waals surface area contributed by atoms with Gasteiger partial charge in [-0.25, -0.2) is 4.39 Å². The van der Waals surface area contributed by atoms with Crippen LogP contribution in [0.5, 0.6) is 5.75 Å². The van der Waals surface area contributed by atoms with E-state index in [9.17, 15) is 9.18 Å². The second-order valence-electron chi connectivity index (χ2n) is 4.32. The van der Waals surface area contributed by atoms with E-state index in [1.807, 2.05) is 6.92 Å². The summed E-state index contributed by atoms with van der Waals surface area (Å²) < 4.78 is 18.7. The molecule has 1 heterocycles. The van der Waals surface area contributed by atoms with Gasteiger partial charge in [0.25, 0.3) is 0 Å².